The van der Waals surface area contributed by atoms with Crippen LogP contribution in [0.4, 0.5) is 10.5 Å². The maximum Gasteiger partial charge on any atom is 0.410 e. The number of benzene rings is 1. The molecular weight excluding hydrogens is 326 g/mol. The summed E-state index contributed by atoms with van der Waals surface area (Å²) in [5.74, 6) is 0.0771. The monoisotopic (exact) mass is 347 g/mol. The van der Waals surface area contributed by atoms with E-state index in [1.165, 1.54) is 18.2 Å². The summed E-state index contributed by atoms with van der Waals surface area (Å²) in [5.41, 5.74) is -0.681. The summed E-state index contributed by atoms with van der Waals surface area (Å²) in [7, 11) is 0. The van der Waals surface area contributed by atoms with Gasteiger partial charge >= 0.3 is 6.09 Å². The Morgan fingerprint density at radius 2 is 2.20 bits per heavy atom. The Hall–Kier alpha value is -2.82. The van der Waals surface area contributed by atoms with Crippen LogP contribution in [0, 0.1) is 27.4 Å². The van der Waals surface area contributed by atoms with E-state index < -0.39 is 22.7 Å². The first-order valence-electron chi connectivity index (χ1n) is 7.98. The van der Waals surface area contributed by atoms with Crippen LogP contribution in [-0.4, -0.2) is 40.7 Å². The second-order valence-corrected chi connectivity index (χ2v) is 6.90. The molecule has 0 saturated carbocycles. The van der Waals surface area contributed by atoms with Crippen LogP contribution in [-0.2, 0) is 4.74 Å². The Morgan fingerprint density at radius 1 is 1.48 bits per heavy atom. The standard InChI is InChI=1S/C17H21N3O5/c1-17(2,3)25-16(21)19-8-7-12(11-19)15(10-18)24-14-6-4-5-13(9-14)20(22)23/h4-6,9,12,15H,7-8,11H2,1-3H3. The number of nitriles is 1. The minimum absolute atomic E-state index is 0.101. The summed E-state index contributed by atoms with van der Waals surface area (Å²) in [5, 5.41) is 20.2. The van der Waals surface area contributed by atoms with Gasteiger partial charge in [0.25, 0.3) is 5.69 Å². The molecule has 1 saturated heterocycles. The zero-order valence-electron chi connectivity index (χ0n) is 14.5. The molecule has 2 atom stereocenters. The maximum atomic E-state index is 12.1. The molecule has 8 heteroatoms. The van der Waals surface area contributed by atoms with Crippen molar-refractivity contribution >= 4 is 11.8 Å². The number of rotatable bonds is 4. The molecule has 25 heavy (non-hydrogen) atoms. The second kappa shape index (κ2) is 7.38. The Bertz CT molecular complexity index is 692. The van der Waals surface area contributed by atoms with Crippen molar-refractivity contribution in [3.63, 3.8) is 0 Å². The van der Waals surface area contributed by atoms with Gasteiger partial charge in [-0.05, 0) is 33.3 Å². The van der Waals surface area contributed by atoms with E-state index >= 15 is 0 Å². The highest BCUT2D eigenvalue weighted by Gasteiger charge is 2.35. The van der Waals surface area contributed by atoms with Crippen molar-refractivity contribution in [3.05, 3.63) is 34.4 Å². The number of nitro benzene ring substituents is 1. The average Bonchev–Trinajstić information content (AvgIpc) is 3.01. The van der Waals surface area contributed by atoms with Crippen molar-refractivity contribution in [2.75, 3.05) is 13.1 Å². The molecular formula is C17H21N3O5. The van der Waals surface area contributed by atoms with Gasteiger partial charge in [0, 0.05) is 25.1 Å². The summed E-state index contributed by atoms with van der Waals surface area (Å²) in [4.78, 5) is 24.0. The molecule has 1 aliphatic rings. The van der Waals surface area contributed by atoms with Crippen molar-refractivity contribution in [2.24, 2.45) is 5.92 Å². The molecule has 0 N–H and O–H groups in total. The number of carbonyl (C=O) groups excluding carboxylic acids is 1. The van der Waals surface area contributed by atoms with Gasteiger partial charge in [-0.1, -0.05) is 6.07 Å². The zero-order chi connectivity index (χ0) is 18.6. The first-order chi connectivity index (χ1) is 11.7. The molecule has 1 aromatic carbocycles. The van der Waals surface area contributed by atoms with E-state index in [-0.39, 0.29) is 17.4 Å². The predicted molar refractivity (Wildman–Crippen MR) is 89.0 cm³/mol. The van der Waals surface area contributed by atoms with E-state index in [1.807, 2.05) is 0 Å². The van der Waals surface area contributed by atoms with Crippen LogP contribution in [0.25, 0.3) is 0 Å². The molecule has 1 heterocycles. The van der Waals surface area contributed by atoms with Gasteiger partial charge in [-0.15, -0.1) is 0 Å². The van der Waals surface area contributed by atoms with Gasteiger partial charge in [0.1, 0.15) is 17.4 Å². The molecule has 1 aromatic rings. The minimum atomic E-state index is -0.797. The van der Waals surface area contributed by atoms with Crippen LogP contribution in [0.3, 0.4) is 0 Å². The van der Waals surface area contributed by atoms with Crippen molar-refractivity contribution in [2.45, 2.75) is 38.9 Å². The lowest BCUT2D eigenvalue weighted by Gasteiger charge is -2.25. The third-order valence-corrected chi connectivity index (χ3v) is 3.72. The lowest BCUT2D eigenvalue weighted by Crippen LogP contribution is -2.36. The molecule has 0 spiro atoms. The smallest absolute Gasteiger partial charge is 0.410 e. The van der Waals surface area contributed by atoms with Crippen LogP contribution in [0.5, 0.6) is 5.75 Å². The summed E-state index contributed by atoms with van der Waals surface area (Å²) in [6.45, 7) is 6.21. The maximum absolute atomic E-state index is 12.1. The average molecular weight is 347 g/mol. The normalized spacial score (nSPS) is 18.3. The summed E-state index contributed by atoms with van der Waals surface area (Å²) in [6, 6.07) is 7.79. The number of amides is 1. The number of nitro groups is 1. The van der Waals surface area contributed by atoms with E-state index in [4.69, 9.17) is 9.47 Å². The van der Waals surface area contributed by atoms with Crippen molar-refractivity contribution in [1.29, 1.82) is 5.26 Å². The fourth-order valence-corrected chi connectivity index (χ4v) is 2.57. The van der Waals surface area contributed by atoms with E-state index in [2.05, 4.69) is 6.07 Å². The lowest BCUT2D eigenvalue weighted by molar-refractivity contribution is -0.384. The van der Waals surface area contributed by atoms with Gasteiger partial charge in [-0.2, -0.15) is 5.26 Å². The highest BCUT2D eigenvalue weighted by Crippen LogP contribution is 2.27. The molecule has 0 aliphatic carbocycles. The molecule has 1 amide bonds. The van der Waals surface area contributed by atoms with Crippen molar-refractivity contribution in [3.8, 4) is 11.8 Å². The molecule has 8 nitrogen and oxygen atoms in total. The fraction of sp³-hybridized carbons (Fsp3) is 0.529. The van der Waals surface area contributed by atoms with E-state index in [1.54, 1.807) is 31.7 Å². The third-order valence-electron chi connectivity index (χ3n) is 3.72. The molecule has 0 aromatic heterocycles. The van der Waals surface area contributed by atoms with E-state index in [9.17, 15) is 20.2 Å². The number of nitrogens with zero attached hydrogens (tertiary/aromatic N) is 3. The van der Waals surface area contributed by atoms with Crippen molar-refractivity contribution in [1.82, 2.24) is 4.90 Å². The Kier molecular flexibility index (Phi) is 5.47. The van der Waals surface area contributed by atoms with Gasteiger partial charge < -0.3 is 14.4 Å². The third kappa shape index (κ3) is 5.08. The Labute approximate surface area is 146 Å². The molecule has 0 bridgehead atoms. The number of carbonyl (C=O) groups is 1. The first-order valence-corrected chi connectivity index (χ1v) is 7.98. The van der Waals surface area contributed by atoms with Crippen molar-refractivity contribution < 1.29 is 19.2 Å². The van der Waals surface area contributed by atoms with Crippen LogP contribution in [0.2, 0.25) is 0 Å². The van der Waals surface area contributed by atoms with Gasteiger partial charge in [-0.3, -0.25) is 10.1 Å². The number of non-ortho nitro benzene ring substituents is 1. The number of likely N-dealkylation sites (tertiary alicyclic amines) is 1. The van der Waals surface area contributed by atoms with Gasteiger partial charge in [0.2, 0.25) is 0 Å². The molecule has 134 valence electrons. The summed E-state index contributed by atoms with van der Waals surface area (Å²) in [6.07, 6.45) is -0.608. The molecule has 0 radical (unpaired) electrons. The number of ether oxygens (including phenoxy) is 2. The van der Waals surface area contributed by atoms with Gasteiger partial charge in [0.15, 0.2) is 6.10 Å². The summed E-state index contributed by atoms with van der Waals surface area (Å²) >= 11 is 0. The van der Waals surface area contributed by atoms with E-state index in [0.29, 0.717) is 19.5 Å². The van der Waals surface area contributed by atoms with Crippen LogP contribution in [0.15, 0.2) is 24.3 Å². The topological polar surface area (TPSA) is 106 Å². The highest BCUT2D eigenvalue weighted by molar-refractivity contribution is 5.68. The van der Waals surface area contributed by atoms with Crippen LogP contribution in [0.1, 0.15) is 27.2 Å². The molecule has 2 rings (SSSR count). The Balaban J connectivity index is 2.00. The second-order valence-electron chi connectivity index (χ2n) is 6.90. The Morgan fingerprint density at radius 3 is 2.80 bits per heavy atom. The first kappa shape index (κ1) is 18.5. The molecule has 1 aliphatic heterocycles. The largest absolute Gasteiger partial charge is 0.475 e. The SMILES string of the molecule is CC(C)(C)OC(=O)N1CCC(C(C#N)Oc2cccc([N+](=O)[O-])c2)C1. The van der Waals surface area contributed by atoms with E-state index in [0.717, 1.165) is 0 Å². The number of hydrogen-bond donors (Lipinski definition) is 0. The van der Waals surface area contributed by atoms with Crippen LogP contribution >= 0.6 is 0 Å². The summed E-state index contributed by atoms with van der Waals surface area (Å²) < 4.78 is 11.0. The fourth-order valence-electron chi connectivity index (χ4n) is 2.57. The number of hydrogen-bond acceptors (Lipinski definition) is 6. The highest BCUT2D eigenvalue weighted by atomic mass is 16.6. The predicted octanol–water partition coefficient (Wildman–Crippen LogP) is 3.12. The van der Waals surface area contributed by atoms with Gasteiger partial charge in [-0.25, -0.2) is 4.79 Å². The minimum Gasteiger partial charge on any atom is -0.475 e. The zero-order valence-corrected chi connectivity index (χ0v) is 14.5. The van der Waals surface area contributed by atoms with Gasteiger partial charge in [0.05, 0.1) is 11.0 Å². The van der Waals surface area contributed by atoms with Crippen LogP contribution < -0.4 is 4.74 Å². The quantitative estimate of drug-likeness (QED) is 0.612. The lowest BCUT2D eigenvalue weighted by atomic mass is 10.0. The molecule has 2 unspecified atom stereocenters. The molecule has 1 fully saturated rings.